The van der Waals surface area contributed by atoms with E-state index in [2.05, 4.69) is 29.2 Å². The topological polar surface area (TPSA) is 40.5 Å². The Morgan fingerprint density at radius 2 is 1.96 bits per heavy atom. The Kier molecular flexibility index (Phi) is 5.08. The lowest BCUT2D eigenvalue weighted by atomic mass is 10.0. The molecular formula is C19H25FN4O. The number of carbonyl (C=O) groups excluding carboxylic acids is 1. The van der Waals surface area contributed by atoms with Crippen molar-refractivity contribution in [3.05, 3.63) is 48.0 Å². The summed E-state index contributed by atoms with van der Waals surface area (Å²) < 4.78 is 16.3. The minimum absolute atomic E-state index is 0.244. The number of benzene rings is 1. The number of carbonyl (C=O) groups is 1. The molecule has 0 radical (unpaired) electrons. The number of halogens is 1. The van der Waals surface area contributed by atoms with Crippen molar-refractivity contribution in [1.82, 2.24) is 9.47 Å². The Bertz CT molecular complexity index is 748. The molecule has 1 aliphatic rings. The molecule has 0 unspecified atom stereocenters. The second-order valence-corrected chi connectivity index (χ2v) is 6.81. The largest absolute Gasteiger partial charge is 0.369 e. The quantitative estimate of drug-likeness (QED) is 0.927. The third kappa shape index (κ3) is 3.85. The molecule has 0 aliphatic carbocycles. The molecule has 2 aromatic rings. The molecule has 25 heavy (non-hydrogen) atoms. The predicted octanol–water partition coefficient (Wildman–Crippen LogP) is 2.95. The Labute approximate surface area is 148 Å². The summed E-state index contributed by atoms with van der Waals surface area (Å²) in [6, 6.07) is 9.01. The molecule has 3 rings (SSSR count). The van der Waals surface area contributed by atoms with Crippen molar-refractivity contribution in [2.24, 2.45) is 7.05 Å². The first-order valence-electron chi connectivity index (χ1n) is 8.59. The molecule has 1 saturated heterocycles. The van der Waals surface area contributed by atoms with Gasteiger partial charge < -0.3 is 19.7 Å². The van der Waals surface area contributed by atoms with Crippen LogP contribution in [0.3, 0.4) is 0 Å². The lowest BCUT2D eigenvalue weighted by Crippen LogP contribution is -2.42. The smallest absolute Gasteiger partial charge is 0.272 e. The zero-order valence-corrected chi connectivity index (χ0v) is 15.0. The first kappa shape index (κ1) is 17.5. The number of hydrogen-bond acceptors (Lipinski definition) is 3. The molecule has 1 aliphatic heterocycles. The number of hydrogen-bond donors (Lipinski definition) is 1. The number of aryl methyl sites for hydroxylation is 1. The Hall–Kier alpha value is -2.34. The van der Waals surface area contributed by atoms with Gasteiger partial charge in [-0.15, -0.1) is 0 Å². The van der Waals surface area contributed by atoms with E-state index in [1.807, 2.05) is 0 Å². The van der Waals surface area contributed by atoms with Crippen LogP contribution in [0, 0.1) is 5.82 Å². The lowest BCUT2D eigenvalue weighted by Gasteiger charge is -2.36. The summed E-state index contributed by atoms with van der Waals surface area (Å²) in [7, 11) is 5.98. The minimum Gasteiger partial charge on any atom is -0.369 e. The van der Waals surface area contributed by atoms with E-state index in [0.29, 0.717) is 23.1 Å². The average Bonchev–Trinajstić information content (AvgIpc) is 3.01. The standard InChI is InChI=1S/C19H25FN4O/c1-22(2)15-8-11-24(12-9-15)17-7-6-14(13-16(17)20)21-19(25)18-5-4-10-23(18)3/h4-7,10,13,15H,8-9,11-12H2,1-3H3,(H,21,25). The van der Waals surface area contributed by atoms with Gasteiger partial charge in [-0.05, 0) is 57.3 Å². The van der Waals surface area contributed by atoms with Crippen LogP contribution in [0.5, 0.6) is 0 Å². The van der Waals surface area contributed by atoms with Gasteiger partial charge in [-0.3, -0.25) is 4.79 Å². The third-order valence-corrected chi connectivity index (χ3v) is 4.92. The van der Waals surface area contributed by atoms with Crippen LogP contribution >= 0.6 is 0 Å². The van der Waals surface area contributed by atoms with E-state index < -0.39 is 0 Å². The van der Waals surface area contributed by atoms with E-state index in [9.17, 15) is 9.18 Å². The lowest BCUT2D eigenvalue weighted by molar-refractivity contribution is 0.101. The summed E-state index contributed by atoms with van der Waals surface area (Å²) in [5, 5.41) is 2.75. The van der Waals surface area contributed by atoms with E-state index in [1.54, 1.807) is 42.1 Å². The van der Waals surface area contributed by atoms with Crippen LogP contribution < -0.4 is 10.2 Å². The molecule has 0 spiro atoms. The van der Waals surface area contributed by atoms with Gasteiger partial charge in [0.25, 0.3) is 5.91 Å². The van der Waals surface area contributed by atoms with Gasteiger partial charge in [0, 0.05) is 38.1 Å². The summed E-state index contributed by atoms with van der Waals surface area (Å²) in [6.45, 7) is 1.68. The summed E-state index contributed by atoms with van der Waals surface area (Å²) in [4.78, 5) is 16.5. The molecule has 1 amide bonds. The van der Waals surface area contributed by atoms with Crippen molar-refractivity contribution in [3.63, 3.8) is 0 Å². The van der Waals surface area contributed by atoms with Crippen LogP contribution in [-0.2, 0) is 7.05 Å². The molecule has 1 N–H and O–H groups in total. The Morgan fingerprint density at radius 1 is 1.24 bits per heavy atom. The molecule has 1 fully saturated rings. The molecule has 5 nitrogen and oxygen atoms in total. The van der Waals surface area contributed by atoms with Crippen LogP contribution in [0.25, 0.3) is 0 Å². The van der Waals surface area contributed by atoms with E-state index >= 15 is 0 Å². The third-order valence-electron chi connectivity index (χ3n) is 4.92. The van der Waals surface area contributed by atoms with Gasteiger partial charge in [-0.2, -0.15) is 0 Å². The summed E-state index contributed by atoms with van der Waals surface area (Å²) in [5.41, 5.74) is 1.61. The van der Waals surface area contributed by atoms with Crippen molar-refractivity contribution in [3.8, 4) is 0 Å². The zero-order chi connectivity index (χ0) is 18.0. The highest BCUT2D eigenvalue weighted by atomic mass is 19.1. The first-order chi connectivity index (χ1) is 12.0. The highest BCUT2D eigenvalue weighted by Gasteiger charge is 2.22. The maximum Gasteiger partial charge on any atom is 0.272 e. The SMILES string of the molecule is CN(C)C1CCN(c2ccc(NC(=O)c3cccn3C)cc2F)CC1. The Morgan fingerprint density at radius 3 is 2.52 bits per heavy atom. The second-order valence-electron chi connectivity index (χ2n) is 6.81. The number of nitrogens with one attached hydrogen (secondary N) is 1. The monoisotopic (exact) mass is 344 g/mol. The zero-order valence-electron chi connectivity index (χ0n) is 15.0. The summed E-state index contributed by atoms with van der Waals surface area (Å²) in [6.07, 6.45) is 3.85. The second kappa shape index (κ2) is 7.27. The molecule has 0 atom stereocenters. The normalized spacial score (nSPS) is 15.6. The van der Waals surface area contributed by atoms with E-state index in [1.165, 1.54) is 6.07 Å². The van der Waals surface area contributed by atoms with Gasteiger partial charge in [-0.1, -0.05) is 0 Å². The number of piperidine rings is 1. The first-order valence-corrected chi connectivity index (χ1v) is 8.59. The summed E-state index contributed by atoms with van der Waals surface area (Å²) in [5.74, 6) is -0.542. The van der Waals surface area contributed by atoms with Crippen LogP contribution in [0.2, 0.25) is 0 Å². The van der Waals surface area contributed by atoms with Crippen LogP contribution in [0.4, 0.5) is 15.8 Å². The molecule has 2 heterocycles. The van der Waals surface area contributed by atoms with Gasteiger partial charge >= 0.3 is 0 Å². The molecule has 1 aromatic heterocycles. The van der Waals surface area contributed by atoms with Gasteiger partial charge in [0.05, 0.1) is 5.69 Å². The molecular weight excluding hydrogens is 319 g/mol. The maximum absolute atomic E-state index is 14.6. The van der Waals surface area contributed by atoms with Crippen LogP contribution in [0.15, 0.2) is 36.5 Å². The number of rotatable bonds is 4. The van der Waals surface area contributed by atoms with Gasteiger partial charge in [0.1, 0.15) is 11.5 Å². The number of nitrogens with zero attached hydrogens (tertiary/aromatic N) is 3. The van der Waals surface area contributed by atoms with Gasteiger partial charge in [0.2, 0.25) is 0 Å². The molecule has 0 saturated carbocycles. The van der Waals surface area contributed by atoms with Gasteiger partial charge in [-0.25, -0.2) is 4.39 Å². The molecule has 134 valence electrons. The van der Waals surface area contributed by atoms with E-state index in [0.717, 1.165) is 25.9 Å². The number of anilines is 2. The molecule has 1 aromatic carbocycles. The van der Waals surface area contributed by atoms with Crippen LogP contribution in [0.1, 0.15) is 23.3 Å². The van der Waals surface area contributed by atoms with Crippen LogP contribution in [-0.4, -0.2) is 48.6 Å². The van der Waals surface area contributed by atoms with Crippen molar-refractivity contribution in [2.45, 2.75) is 18.9 Å². The minimum atomic E-state index is -0.298. The number of amides is 1. The van der Waals surface area contributed by atoms with Crippen molar-refractivity contribution >= 4 is 17.3 Å². The van der Waals surface area contributed by atoms with E-state index in [-0.39, 0.29) is 11.7 Å². The molecule has 0 bridgehead atoms. The fourth-order valence-corrected chi connectivity index (χ4v) is 3.36. The number of aromatic nitrogens is 1. The maximum atomic E-state index is 14.6. The fourth-order valence-electron chi connectivity index (χ4n) is 3.36. The predicted molar refractivity (Wildman–Crippen MR) is 98.7 cm³/mol. The fraction of sp³-hybridized carbons (Fsp3) is 0.421. The van der Waals surface area contributed by atoms with E-state index in [4.69, 9.17) is 0 Å². The van der Waals surface area contributed by atoms with Crippen molar-refractivity contribution < 1.29 is 9.18 Å². The average molecular weight is 344 g/mol. The van der Waals surface area contributed by atoms with Crippen molar-refractivity contribution in [1.29, 1.82) is 0 Å². The van der Waals surface area contributed by atoms with Crippen molar-refractivity contribution in [2.75, 3.05) is 37.4 Å². The molecule has 6 heteroatoms. The Balaban J connectivity index is 1.67. The highest BCUT2D eigenvalue weighted by Crippen LogP contribution is 2.27. The summed E-state index contributed by atoms with van der Waals surface area (Å²) >= 11 is 0. The van der Waals surface area contributed by atoms with Gasteiger partial charge in [0.15, 0.2) is 0 Å². The highest BCUT2D eigenvalue weighted by molar-refractivity contribution is 6.03.